The first-order valence-electron chi connectivity index (χ1n) is 6.56. The maximum atomic E-state index is 11.9. The molecule has 0 atom stereocenters. The number of H-pyrrole nitrogens is 1. The average molecular weight is 248 g/mol. The van der Waals surface area contributed by atoms with E-state index in [-0.39, 0.29) is 16.9 Å². The molecule has 98 valence electrons. The number of aromatic nitrogens is 1. The molecule has 0 aliphatic heterocycles. The lowest BCUT2D eigenvalue weighted by Crippen LogP contribution is -2.37. The van der Waals surface area contributed by atoms with Crippen LogP contribution in [-0.4, -0.2) is 17.4 Å². The molecule has 1 aliphatic carbocycles. The average Bonchev–Trinajstić information content (AvgIpc) is 2.37. The predicted octanol–water partition coefficient (Wildman–Crippen LogP) is 2.08. The Labute approximate surface area is 107 Å². The number of amides is 1. The molecule has 1 aliphatic rings. The third kappa shape index (κ3) is 3.22. The number of hydrogen-bond acceptors (Lipinski definition) is 2. The minimum absolute atomic E-state index is 0.159. The molecule has 1 aromatic rings. The Morgan fingerprint density at radius 3 is 2.78 bits per heavy atom. The van der Waals surface area contributed by atoms with Crippen molar-refractivity contribution >= 4 is 5.91 Å². The second kappa shape index (κ2) is 5.38. The number of hydrogen-bond donors (Lipinski definition) is 2. The fourth-order valence-corrected chi connectivity index (χ4v) is 2.56. The molecule has 0 aromatic carbocycles. The summed E-state index contributed by atoms with van der Waals surface area (Å²) in [6.07, 6.45) is 7.64. The zero-order chi connectivity index (χ0) is 13.0. The predicted molar refractivity (Wildman–Crippen MR) is 70.6 cm³/mol. The Balaban J connectivity index is 1.94. The molecule has 4 nitrogen and oxygen atoms in total. The molecule has 0 spiro atoms. The van der Waals surface area contributed by atoms with Gasteiger partial charge in [0.05, 0.1) is 0 Å². The van der Waals surface area contributed by atoms with E-state index in [1.807, 2.05) is 0 Å². The maximum absolute atomic E-state index is 11.9. The number of rotatable bonds is 3. The van der Waals surface area contributed by atoms with Crippen molar-refractivity contribution in [1.82, 2.24) is 10.3 Å². The van der Waals surface area contributed by atoms with Crippen LogP contribution in [0.5, 0.6) is 0 Å². The summed E-state index contributed by atoms with van der Waals surface area (Å²) in [4.78, 5) is 25.5. The van der Waals surface area contributed by atoms with Crippen LogP contribution in [0.2, 0.25) is 0 Å². The number of pyridine rings is 1. The summed E-state index contributed by atoms with van der Waals surface area (Å²) in [5.74, 6) is -0.159. The van der Waals surface area contributed by atoms with Gasteiger partial charge in [-0.05, 0) is 24.3 Å². The van der Waals surface area contributed by atoms with Crippen molar-refractivity contribution in [3.05, 3.63) is 34.2 Å². The van der Waals surface area contributed by atoms with Gasteiger partial charge in [0.25, 0.3) is 5.91 Å². The monoisotopic (exact) mass is 248 g/mol. The highest BCUT2D eigenvalue weighted by atomic mass is 16.2. The summed E-state index contributed by atoms with van der Waals surface area (Å²) in [5, 5.41) is 2.94. The van der Waals surface area contributed by atoms with Gasteiger partial charge in [-0.25, -0.2) is 0 Å². The van der Waals surface area contributed by atoms with E-state index in [0.29, 0.717) is 12.1 Å². The summed E-state index contributed by atoms with van der Waals surface area (Å²) in [5.41, 5.74) is 0.402. The largest absolute Gasteiger partial charge is 0.351 e. The molecular weight excluding hydrogens is 228 g/mol. The molecule has 2 N–H and O–H groups in total. The van der Waals surface area contributed by atoms with Gasteiger partial charge < -0.3 is 10.3 Å². The Hall–Kier alpha value is -1.58. The minimum atomic E-state index is -0.244. The second-order valence-corrected chi connectivity index (χ2v) is 5.50. The number of carbonyl (C=O) groups excluding carboxylic acids is 1. The van der Waals surface area contributed by atoms with Crippen LogP contribution in [-0.2, 0) is 0 Å². The molecular formula is C14H20N2O2. The van der Waals surface area contributed by atoms with Crippen LogP contribution in [0.3, 0.4) is 0 Å². The van der Waals surface area contributed by atoms with E-state index in [9.17, 15) is 9.59 Å². The fraction of sp³-hybridized carbons (Fsp3) is 0.571. The lowest BCUT2D eigenvalue weighted by Gasteiger charge is -2.33. The van der Waals surface area contributed by atoms with Crippen LogP contribution in [0, 0.1) is 5.41 Å². The molecule has 1 fully saturated rings. The SMILES string of the molecule is CC1(CNC(=O)c2cc[nH]c(=O)c2)CCCCC1. The molecule has 0 unspecified atom stereocenters. The van der Waals surface area contributed by atoms with Gasteiger partial charge in [-0.15, -0.1) is 0 Å². The Morgan fingerprint density at radius 2 is 2.11 bits per heavy atom. The first kappa shape index (κ1) is 12.9. The van der Waals surface area contributed by atoms with Crippen molar-refractivity contribution in [2.75, 3.05) is 6.54 Å². The van der Waals surface area contributed by atoms with E-state index in [1.165, 1.54) is 44.4 Å². The Bertz CT molecular complexity index is 473. The van der Waals surface area contributed by atoms with E-state index in [2.05, 4.69) is 17.2 Å². The van der Waals surface area contributed by atoms with E-state index >= 15 is 0 Å². The molecule has 1 saturated carbocycles. The van der Waals surface area contributed by atoms with Crippen LogP contribution in [0.25, 0.3) is 0 Å². The summed E-state index contributed by atoms with van der Waals surface area (Å²) >= 11 is 0. The molecule has 1 amide bonds. The molecule has 1 heterocycles. The van der Waals surface area contributed by atoms with Crippen LogP contribution >= 0.6 is 0 Å². The van der Waals surface area contributed by atoms with Gasteiger partial charge in [0.15, 0.2) is 0 Å². The normalized spacial score (nSPS) is 18.3. The highest BCUT2D eigenvalue weighted by Crippen LogP contribution is 2.34. The fourth-order valence-electron chi connectivity index (χ4n) is 2.56. The highest BCUT2D eigenvalue weighted by Gasteiger charge is 2.27. The third-order valence-corrected chi connectivity index (χ3v) is 3.77. The third-order valence-electron chi connectivity index (χ3n) is 3.77. The summed E-state index contributed by atoms with van der Waals surface area (Å²) < 4.78 is 0. The zero-order valence-electron chi connectivity index (χ0n) is 10.8. The molecule has 0 saturated heterocycles. The lowest BCUT2D eigenvalue weighted by molar-refractivity contribution is 0.0919. The molecule has 2 rings (SSSR count). The van der Waals surface area contributed by atoms with Gasteiger partial charge in [-0.2, -0.15) is 0 Å². The van der Waals surface area contributed by atoms with Crippen molar-refractivity contribution in [2.45, 2.75) is 39.0 Å². The highest BCUT2D eigenvalue weighted by molar-refractivity contribution is 5.93. The van der Waals surface area contributed by atoms with Gasteiger partial charge in [0.2, 0.25) is 5.56 Å². The lowest BCUT2D eigenvalue weighted by atomic mass is 9.76. The molecule has 0 radical (unpaired) electrons. The quantitative estimate of drug-likeness (QED) is 0.860. The first-order chi connectivity index (χ1) is 8.59. The van der Waals surface area contributed by atoms with Gasteiger partial charge in [-0.1, -0.05) is 26.2 Å². The van der Waals surface area contributed by atoms with Crippen molar-refractivity contribution in [1.29, 1.82) is 0 Å². The molecule has 4 heteroatoms. The molecule has 0 bridgehead atoms. The minimum Gasteiger partial charge on any atom is -0.351 e. The second-order valence-electron chi connectivity index (χ2n) is 5.50. The van der Waals surface area contributed by atoms with Gasteiger partial charge >= 0.3 is 0 Å². The van der Waals surface area contributed by atoms with E-state index in [4.69, 9.17) is 0 Å². The zero-order valence-corrected chi connectivity index (χ0v) is 10.8. The van der Waals surface area contributed by atoms with Crippen molar-refractivity contribution in [3.63, 3.8) is 0 Å². The summed E-state index contributed by atoms with van der Waals surface area (Å²) in [7, 11) is 0. The molecule has 18 heavy (non-hydrogen) atoms. The first-order valence-corrected chi connectivity index (χ1v) is 6.56. The maximum Gasteiger partial charge on any atom is 0.251 e. The van der Waals surface area contributed by atoms with Crippen molar-refractivity contribution < 1.29 is 4.79 Å². The van der Waals surface area contributed by atoms with E-state index in [1.54, 1.807) is 6.07 Å². The van der Waals surface area contributed by atoms with E-state index in [0.717, 1.165) is 0 Å². The van der Waals surface area contributed by atoms with Gasteiger partial charge in [0, 0.05) is 24.4 Å². The Morgan fingerprint density at radius 1 is 1.39 bits per heavy atom. The van der Waals surface area contributed by atoms with Crippen LogP contribution in [0.15, 0.2) is 23.1 Å². The number of nitrogens with one attached hydrogen (secondary N) is 2. The molecule has 1 aromatic heterocycles. The standard InChI is InChI=1S/C14H20N2O2/c1-14(6-3-2-4-7-14)10-16-13(18)11-5-8-15-12(17)9-11/h5,8-9H,2-4,6-7,10H2,1H3,(H,15,17)(H,16,18). The topological polar surface area (TPSA) is 62.0 Å². The summed E-state index contributed by atoms with van der Waals surface area (Å²) in [6, 6.07) is 2.96. The Kier molecular flexibility index (Phi) is 3.84. The van der Waals surface area contributed by atoms with E-state index < -0.39 is 0 Å². The smallest absolute Gasteiger partial charge is 0.251 e. The van der Waals surface area contributed by atoms with Crippen LogP contribution in [0.4, 0.5) is 0 Å². The van der Waals surface area contributed by atoms with Gasteiger partial charge in [0.1, 0.15) is 0 Å². The van der Waals surface area contributed by atoms with Crippen molar-refractivity contribution in [3.8, 4) is 0 Å². The van der Waals surface area contributed by atoms with Crippen LogP contribution in [0.1, 0.15) is 49.4 Å². The number of aromatic amines is 1. The van der Waals surface area contributed by atoms with Crippen molar-refractivity contribution in [2.24, 2.45) is 5.41 Å². The van der Waals surface area contributed by atoms with Gasteiger partial charge in [-0.3, -0.25) is 9.59 Å². The summed E-state index contributed by atoms with van der Waals surface area (Å²) in [6.45, 7) is 2.92. The van der Waals surface area contributed by atoms with Crippen LogP contribution < -0.4 is 10.9 Å². The number of carbonyl (C=O) groups is 1.